The van der Waals surface area contributed by atoms with E-state index in [1.807, 2.05) is 46.0 Å². The van der Waals surface area contributed by atoms with Crippen molar-refractivity contribution in [2.75, 3.05) is 6.61 Å². The molecule has 0 radical (unpaired) electrons. The SMILES string of the molecule is CC(=O)O[C@H]1C(=O)[C@@]2(C)[C@H]([C@H](OC(=O)c3ccccc3)[C@]3(O)CC(OC(=O)[C@H](O[Si](C)(C)C(C)(C)C)[C@@H](NC(=O)c4ccccc4)c4cccc(I)c4)C(C)=C1C3(C)C)[C@]1(OC(C)=O)CO[C@@H]1C[C@@H]2O. The fourth-order valence-corrected chi connectivity index (χ4v) is 12.6. The van der Waals surface area contributed by atoms with Gasteiger partial charge in [0.25, 0.3) is 5.91 Å². The Morgan fingerprint density at radius 2 is 1.49 bits per heavy atom. The van der Waals surface area contributed by atoms with Crippen molar-refractivity contribution in [1.29, 1.82) is 0 Å². The van der Waals surface area contributed by atoms with Gasteiger partial charge in [-0.2, -0.15) is 0 Å². The highest BCUT2D eigenvalue weighted by molar-refractivity contribution is 14.1. The van der Waals surface area contributed by atoms with E-state index in [2.05, 4.69) is 27.9 Å². The summed E-state index contributed by atoms with van der Waals surface area (Å²) in [5.41, 5.74) is -6.59. The van der Waals surface area contributed by atoms with Crippen molar-refractivity contribution in [3.63, 3.8) is 0 Å². The molecule has 17 heteroatoms. The lowest BCUT2D eigenvalue weighted by Crippen LogP contribution is -2.82. The van der Waals surface area contributed by atoms with Crippen molar-refractivity contribution < 1.29 is 67.1 Å². The average Bonchev–Trinajstić information content (AvgIpc) is 3.28. The van der Waals surface area contributed by atoms with E-state index in [-0.39, 0.29) is 29.7 Å². The number of Topliss-reactive ketones (excluding diaryl/α,β-unsaturated/α-hetero) is 1. The molecule has 3 aliphatic carbocycles. The maximum Gasteiger partial charge on any atom is 0.338 e. The summed E-state index contributed by atoms with van der Waals surface area (Å²) in [6, 6.07) is 22.6. The molecule has 1 aliphatic heterocycles. The molecule has 2 bridgehead atoms. The smallest absolute Gasteiger partial charge is 0.338 e. The van der Waals surface area contributed by atoms with E-state index in [1.165, 1.54) is 26.0 Å². The first-order valence-electron chi connectivity index (χ1n) is 23.5. The number of benzene rings is 3. The molecular formula is C53H64INO14Si. The summed E-state index contributed by atoms with van der Waals surface area (Å²) < 4.78 is 39.1. The lowest BCUT2D eigenvalue weighted by molar-refractivity contribution is -0.346. The monoisotopic (exact) mass is 1090 g/mol. The molecule has 1 saturated heterocycles. The quantitative estimate of drug-likeness (QED) is 0.0532. The van der Waals surface area contributed by atoms with Crippen LogP contribution < -0.4 is 5.32 Å². The average molecular weight is 1090 g/mol. The van der Waals surface area contributed by atoms with Crippen molar-refractivity contribution in [3.05, 3.63) is 116 Å². The number of ketones is 1. The van der Waals surface area contributed by atoms with Crippen LogP contribution in [0.3, 0.4) is 0 Å². The van der Waals surface area contributed by atoms with Crippen LogP contribution in [-0.2, 0) is 47.3 Å². The number of ether oxygens (including phenoxy) is 5. The van der Waals surface area contributed by atoms with E-state index in [1.54, 1.807) is 81.4 Å². The number of esters is 4. The summed E-state index contributed by atoms with van der Waals surface area (Å²) in [4.78, 5) is 86.4. The lowest BCUT2D eigenvalue weighted by atomic mass is 9.44. The van der Waals surface area contributed by atoms with Crippen LogP contribution >= 0.6 is 22.6 Å². The van der Waals surface area contributed by atoms with Gasteiger partial charge in [0.2, 0.25) is 0 Å². The van der Waals surface area contributed by atoms with Gasteiger partial charge >= 0.3 is 23.9 Å². The van der Waals surface area contributed by atoms with Crippen molar-refractivity contribution in [3.8, 4) is 0 Å². The Bertz CT molecular complexity index is 2580. The van der Waals surface area contributed by atoms with Crippen LogP contribution in [0.4, 0.5) is 0 Å². The maximum absolute atomic E-state index is 15.8. The third kappa shape index (κ3) is 9.30. The Balaban J connectivity index is 1.45. The van der Waals surface area contributed by atoms with Crippen molar-refractivity contribution in [1.82, 2.24) is 5.32 Å². The molecule has 376 valence electrons. The van der Waals surface area contributed by atoms with Gasteiger partial charge in [0.1, 0.15) is 23.9 Å². The predicted molar refractivity (Wildman–Crippen MR) is 266 cm³/mol. The zero-order chi connectivity index (χ0) is 51.5. The minimum Gasteiger partial charge on any atom is -0.456 e. The van der Waals surface area contributed by atoms with E-state index in [0.29, 0.717) is 11.1 Å². The van der Waals surface area contributed by atoms with Crippen molar-refractivity contribution in [2.24, 2.45) is 16.7 Å². The second-order valence-corrected chi connectivity index (χ2v) is 27.4. The van der Waals surface area contributed by atoms with E-state index in [4.69, 9.17) is 28.1 Å². The topological polar surface area (TPSA) is 210 Å². The number of nitrogens with one attached hydrogen (secondary N) is 1. The number of carbonyl (C=O) groups excluding carboxylic acids is 6. The van der Waals surface area contributed by atoms with E-state index >= 15 is 9.59 Å². The molecule has 0 aromatic heterocycles. The molecule has 3 N–H and O–H groups in total. The summed E-state index contributed by atoms with van der Waals surface area (Å²) in [5, 5.41) is 28.9. The highest BCUT2D eigenvalue weighted by Gasteiger charge is 2.78. The number of aliphatic hydroxyl groups excluding tert-OH is 1. The molecule has 1 amide bonds. The third-order valence-electron chi connectivity index (χ3n) is 15.7. The lowest BCUT2D eigenvalue weighted by Gasteiger charge is -2.67. The number of rotatable bonds is 12. The van der Waals surface area contributed by atoms with Crippen LogP contribution in [0.1, 0.15) is 107 Å². The summed E-state index contributed by atoms with van der Waals surface area (Å²) in [5.74, 6) is -6.33. The number of fused-ring (bicyclic) bond motifs is 5. The van der Waals surface area contributed by atoms with Gasteiger partial charge in [-0.3, -0.25) is 19.2 Å². The van der Waals surface area contributed by atoms with Crippen molar-refractivity contribution in [2.45, 2.75) is 147 Å². The molecule has 4 aliphatic rings. The van der Waals surface area contributed by atoms with E-state index in [9.17, 15) is 29.4 Å². The van der Waals surface area contributed by atoms with Crippen molar-refractivity contribution >= 4 is 66.5 Å². The van der Waals surface area contributed by atoms with Crippen LogP contribution in [0.15, 0.2) is 96.1 Å². The van der Waals surface area contributed by atoms with Crippen LogP contribution in [0.5, 0.6) is 0 Å². The highest BCUT2D eigenvalue weighted by Crippen LogP contribution is 2.64. The number of halogens is 1. The van der Waals surface area contributed by atoms with Gasteiger partial charge in [0, 0.05) is 41.2 Å². The Kier molecular flexibility index (Phi) is 14.6. The number of hydrogen-bond donors (Lipinski definition) is 3. The molecular weight excluding hydrogens is 1030 g/mol. The number of hydrogen-bond acceptors (Lipinski definition) is 14. The summed E-state index contributed by atoms with van der Waals surface area (Å²) in [6.07, 6.45) is -9.82. The van der Waals surface area contributed by atoms with Gasteiger partial charge in [0.15, 0.2) is 31.9 Å². The second kappa shape index (κ2) is 19.3. The fraction of sp³-hybridized carbons (Fsp3) is 0.509. The first-order chi connectivity index (χ1) is 32.6. The van der Waals surface area contributed by atoms with Gasteiger partial charge in [-0.1, -0.05) is 83.1 Å². The summed E-state index contributed by atoms with van der Waals surface area (Å²) in [7, 11) is -2.94. The number of carbonyl (C=O) groups is 6. The molecule has 11 atom stereocenters. The van der Waals surface area contributed by atoms with E-state index < -0.39 is 126 Å². The van der Waals surface area contributed by atoms with Gasteiger partial charge in [-0.25, -0.2) is 9.59 Å². The van der Waals surface area contributed by atoms with Crippen LogP contribution in [0, 0.1) is 20.3 Å². The Hall–Kier alpha value is -4.79. The van der Waals surface area contributed by atoms with Gasteiger partial charge in [-0.15, -0.1) is 0 Å². The summed E-state index contributed by atoms with van der Waals surface area (Å²) in [6.45, 7) is 18.2. The number of aliphatic hydroxyl groups is 2. The third-order valence-corrected chi connectivity index (χ3v) is 20.9. The molecule has 7 rings (SSSR count). The van der Waals surface area contributed by atoms with Gasteiger partial charge < -0.3 is 43.6 Å². The van der Waals surface area contributed by atoms with Gasteiger partial charge in [-0.05, 0) is 108 Å². The second-order valence-electron chi connectivity index (χ2n) is 21.4. The van der Waals surface area contributed by atoms with Gasteiger partial charge in [0.05, 0.1) is 35.6 Å². The predicted octanol–water partition coefficient (Wildman–Crippen LogP) is 7.37. The minimum atomic E-state index is -2.94. The normalized spacial score (nSPS) is 30.1. The highest BCUT2D eigenvalue weighted by atomic mass is 127. The zero-order valence-corrected chi connectivity index (χ0v) is 44.7. The minimum absolute atomic E-state index is 0.0498. The molecule has 0 spiro atoms. The largest absolute Gasteiger partial charge is 0.456 e. The maximum atomic E-state index is 15.8. The molecule has 3 aromatic carbocycles. The molecule has 15 nitrogen and oxygen atoms in total. The number of amides is 1. The summed E-state index contributed by atoms with van der Waals surface area (Å²) >= 11 is 2.15. The molecule has 1 heterocycles. The molecule has 70 heavy (non-hydrogen) atoms. The first-order valence-corrected chi connectivity index (χ1v) is 27.5. The fourth-order valence-electron chi connectivity index (χ4n) is 10.8. The standard InChI is InChI=1S/C53H64INO14Si/c1-29-36(66-48(62)42(69-70(10,11)49(4,5)6)40(34-23-18-24-35(54)25-34)55-46(60)32-19-14-12-15-20-32)27-53(63)45(67-47(61)33-21-16-13-17-22-33)43-51(9,37(58)26-38-52(43,28-64-38)68-31(3)57)44(59)41(65-30(2)56)39(29)50(53,7)8/h12-25,36-38,40-43,45,58,63H,26-28H2,1-11H3,(H,55,60)/t36?,37-,38+,40-,41+,42+,43-,45-,51+,52-,53+/m0/s1. The Morgan fingerprint density at radius 1 is 0.871 bits per heavy atom. The van der Waals surface area contributed by atoms with Crippen LogP contribution in [0.25, 0.3) is 0 Å². The Morgan fingerprint density at radius 3 is 2.03 bits per heavy atom. The first kappa shape index (κ1) is 53.0. The molecule has 1 unspecified atom stereocenters. The van der Waals surface area contributed by atoms with Crippen LogP contribution in [-0.4, -0.2) is 109 Å². The van der Waals surface area contributed by atoms with Crippen LogP contribution in [0.2, 0.25) is 18.1 Å². The molecule has 2 saturated carbocycles. The Labute approximate surface area is 423 Å². The molecule has 3 aromatic rings. The van der Waals surface area contributed by atoms with E-state index in [0.717, 1.165) is 10.5 Å². The zero-order valence-electron chi connectivity index (χ0n) is 41.5. The molecule has 3 fully saturated rings.